The van der Waals surface area contributed by atoms with E-state index in [0.717, 1.165) is 24.8 Å². The number of hydrogen-bond donors (Lipinski definition) is 1. The van der Waals surface area contributed by atoms with Crippen molar-refractivity contribution in [3.8, 4) is 11.8 Å². The van der Waals surface area contributed by atoms with E-state index in [4.69, 9.17) is 11.6 Å². The maximum atomic E-state index is 10.9. The predicted octanol–water partition coefficient (Wildman–Crippen LogP) is 4.80. The van der Waals surface area contributed by atoms with E-state index in [0.29, 0.717) is 16.4 Å². The van der Waals surface area contributed by atoms with Crippen LogP contribution in [0.4, 0.5) is 0 Å². The Bertz CT molecular complexity index is 585. The fourth-order valence-corrected chi connectivity index (χ4v) is 4.19. The molecule has 1 nitrogen and oxygen atoms in total. The van der Waals surface area contributed by atoms with Crippen molar-refractivity contribution in [3.63, 3.8) is 0 Å². The summed E-state index contributed by atoms with van der Waals surface area (Å²) in [6.07, 6.45) is 7.90. The Morgan fingerprint density at radius 3 is 2.81 bits per heavy atom. The van der Waals surface area contributed by atoms with Crippen LogP contribution in [0.1, 0.15) is 57.4 Å². The standard InChI is InChI=1S/C19H23ClO/c1-18-10-5-4-7-16(18)14-19(21,13-12-18)11-9-15-6-2-3-8-17(15)20/h2-3,6,8,16,21H,4-5,7,10,12-14H2,1H3/t16-,18-,19-/m0/s1. The molecule has 2 saturated carbocycles. The molecule has 2 aliphatic carbocycles. The van der Waals surface area contributed by atoms with Crippen LogP contribution in [0.15, 0.2) is 24.3 Å². The van der Waals surface area contributed by atoms with E-state index in [-0.39, 0.29) is 0 Å². The highest BCUT2D eigenvalue weighted by Gasteiger charge is 2.46. The third kappa shape index (κ3) is 3.12. The van der Waals surface area contributed by atoms with Gasteiger partial charge in [0.15, 0.2) is 0 Å². The van der Waals surface area contributed by atoms with Gasteiger partial charge in [-0.2, -0.15) is 0 Å². The number of halogens is 1. The third-order valence-corrected chi connectivity index (χ3v) is 5.86. The van der Waals surface area contributed by atoms with Crippen LogP contribution in [0, 0.1) is 23.2 Å². The number of fused-ring (bicyclic) bond motifs is 1. The SMILES string of the molecule is C[C@@]12CCCC[C@H]1C[C@](O)(C#Cc1ccccc1Cl)CC2. The zero-order valence-corrected chi connectivity index (χ0v) is 13.4. The van der Waals surface area contributed by atoms with E-state index in [1.807, 2.05) is 24.3 Å². The Balaban J connectivity index is 1.79. The summed E-state index contributed by atoms with van der Waals surface area (Å²) in [5, 5.41) is 11.5. The molecular formula is C19H23ClO. The van der Waals surface area contributed by atoms with Gasteiger partial charge in [0, 0.05) is 5.56 Å². The van der Waals surface area contributed by atoms with Gasteiger partial charge in [-0.1, -0.05) is 55.3 Å². The van der Waals surface area contributed by atoms with Gasteiger partial charge in [0.1, 0.15) is 5.60 Å². The van der Waals surface area contributed by atoms with Crippen LogP contribution in [-0.2, 0) is 0 Å². The quantitative estimate of drug-likeness (QED) is 0.682. The molecule has 2 aliphatic rings. The van der Waals surface area contributed by atoms with Crippen molar-refractivity contribution in [2.24, 2.45) is 11.3 Å². The van der Waals surface area contributed by atoms with Gasteiger partial charge in [-0.05, 0) is 55.6 Å². The van der Waals surface area contributed by atoms with Crippen LogP contribution >= 0.6 is 11.6 Å². The summed E-state index contributed by atoms with van der Waals surface area (Å²) in [6.45, 7) is 2.40. The molecule has 0 bridgehead atoms. The lowest BCUT2D eigenvalue weighted by molar-refractivity contribution is -0.0443. The summed E-state index contributed by atoms with van der Waals surface area (Å²) in [5.74, 6) is 6.84. The topological polar surface area (TPSA) is 20.2 Å². The predicted molar refractivity (Wildman–Crippen MR) is 87.2 cm³/mol. The lowest BCUT2D eigenvalue weighted by Gasteiger charge is -2.49. The zero-order valence-electron chi connectivity index (χ0n) is 12.7. The normalized spacial score (nSPS) is 35.5. The molecule has 0 amide bonds. The minimum absolute atomic E-state index is 0.427. The minimum atomic E-state index is -0.833. The Morgan fingerprint density at radius 1 is 1.19 bits per heavy atom. The van der Waals surface area contributed by atoms with E-state index >= 15 is 0 Å². The van der Waals surface area contributed by atoms with E-state index in [2.05, 4.69) is 18.8 Å². The van der Waals surface area contributed by atoms with Crippen LogP contribution in [-0.4, -0.2) is 10.7 Å². The molecule has 0 aliphatic heterocycles. The number of aliphatic hydroxyl groups is 1. The lowest BCUT2D eigenvalue weighted by atomic mass is 9.57. The van der Waals surface area contributed by atoms with Gasteiger partial charge < -0.3 is 5.11 Å². The van der Waals surface area contributed by atoms with Crippen molar-refractivity contribution < 1.29 is 5.11 Å². The van der Waals surface area contributed by atoms with Crippen molar-refractivity contribution in [3.05, 3.63) is 34.9 Å². The van der Waals surface area contributed by atoms with Gasteiger partial charge >= 0.3 is 0 Å². The molecule has 21 heavy (non-hydrogen) atoms. The molecule has 1 aromatic carbocycles. The fraction of sp³-hybridized carbons (Fsp3) is 0.579. The molecule has 0 saturated heterocycles. The average Bonchev–Trinajstić information content (AvgIpc) is 2.47. The Morgan fingerprint density at radius 2 is 2.00 bits per heavy atom. The van der Waals surface area contributed by atoms with Crippen LogP contribution in [0.25, 0.3) is 0 Å². The molecule has 0 unspecified atom stereocenters. The Hall–Kier alpha value is -0.970. The van der Waals surface area contributed by atoms with Gasteiger partial charge in [-0.25, -0.2) is 0 Å². The summed E-state index contributed by atoms with van der Waals surface area (Å²) in [4.78, 5) is 0. The second-order valence-corrected chi connectivity index (χ2v) is 7.47. The molecule has 112 valence electrons. The van der Waals surface area contributed by atoms with E-state index in [1.54, 1.807) is 0 Å². The molecule has 0 heterocycles. The van der Waals surface area contributed by atoms with Crippen molar-refractivity contribution >= 4 is 11.6 Å². The molecular weight excluding hydrogens is 280 g/mol. The molecule has 2 heteroatoms. The summed E-state index contributed by atoms with van der Waals surface area (Å²) in [5.41, 5.74) is 0.404. The van der Waals surface area contributed by atoms with Crippen molar-refractivity contribution in [2.45, 2.75) is 57.5 Å². The molecule has 1 aromatic rings. The van der Waals surface area contributed by atoms with Crippen molar-refractivity contribution in [1.29, 1.82) is 0 Å². The smallest absolute Gasteiger partial charge is 0.126 e. The second-order valence-electron chi connectivity index (χ2n) is 7.06. The molecule has 2 fully saturated rings. The first-order chi connectivity index (χ1) is 10.0. The summed E-state index contributed by atoms with van der Waals surface area (Å²) in [7, 11) is 0. The van der Waals surface area contributed by atoms with Gasteiger partial charge in [0.25, 0.3) is 0 Å². The molecule has 0 radical (unpaired) electrons. The molecule has 0 aromatic heterocycles. The van der Waals surface area contributed by atoms with E-state index in [9.17, 15) is 5.11 Å². The molecule has 1 N–H and O–H groups in total. The highest BCUT2D eigenvalue weighted by atomic mass is 35.5. The van der Waals surface area contributed by atoms with Gasteiger partial charge in [0.05, 0.1) is 5.02 Å². The fourth-order valence-electron chi connectivity index (χ4n) is 4.01. The van der Waals surface area contributed by atoms with Crippen LogP contribution in [0.5, 0.6) is 0 Å². The van der Waals surface area contributed by atoms with Crippen LogP contribution < -0.4 is 0 Å². The first-order valence-electron chi connectivity index (χ1n) is 8.01. The molecule has 0 spiro atoms. The maximum absolute atomic E-state index is 10.9. The van der Waals surface area contributed by atoms with E-state index in [1.165, 1.54) is 25.7 Å². The van der Waals surface area contributed by atoms with Gasteiger partial charge in [-0.15, -0.1) is 0 Å². The van der Waals surface area contributed by atoms with Gasteiger partial charge in [0.2, 0.25) is 0 Å². The monoisotopic (exact) mass is 302 g/mol. The average molecular weight is 303 g/mol. The maximum Gasteiger partial charge on any atom is 0.126 e. The summed E-state index contributed by atoms with van der Waals surface area (Å²) >= 11 is 6.14. The van der Waals surface area contributed by atoms with E-state index < -0.39 is 5.60 Å². The van der Waals surface area contributed by atoms with Gasteiger partial charge in [-0.3, -0.25) is 0 Å². The molecule has 3 rings (SSSR count). The first kappa shape index (κ1) is 14.9. The highest BCUT2D eigenvalue weighted by molar-refractivity contribution is 6.31. The zero-order chi connectivity index (χ0) is 14.9. The van der Waals surface area contributed by atoms with Crippen LogP contribution in [0.2, 0.25) is 5.02 Å². The summed E-state index contributed by atoms with van der Waals surface area (Å²) in [6, 6.07) is 7.58. The van der Waals surface area contributed by atoms with Crippen LogP contribution in [0.3, 0.4) is 0 Å². The second kappa shape index (κ2) is 5.67. The number of hydrogen-bond acceptors (Lipinski definition) is 1. The van der Waals surface area contributed by atoms with Crippen molar-refractivity contribution in [1.82, 2.24) is 0 Å². The first-order valence-corrected chi connectivity index (χ1v) is 8.39. The highest BCUT2D eigenvalue weighted by Crippen LogP contribution is 2.52. The van der Waals surface area contributed by atoms with Crippen molar-refractivity contribution in [2.75, 3.05) is 0 Å². The largest absolute Gasteiger partial charge is 0.378 e. The third-order valence-electron chi connectivity index (χ3n) is 5.53. The minimum Gasteiger partial charge on any atom is -0.378 e. The number of rotatable bonds is 0. The lowest BCUT2D eigenvalue weighted by Crippen LogP contribution is -2.44. The molecule has 3 atom stereocenters. The Labute approximate surface area is 132 Å². The Kier molecular flexibility index (Phi) is 4.04. The number of benzene rings is 1. The summed E-state index contributed by atoms with van der Waals surface area (Å²) < 4.78 is 0.